The minimum Gasteiger partial charge on any atom is -0.490 e. The van der Waals surface area contributed by atoms with Crippen molar-refractivity contribution in [1.29, 1.82) is 0 Å². The second-order valence-corrected chi connectivity index (χ2v) is 10.3. The van der Waals surface area contributed by atoms with Crippen LogP contribution < -0.4 is 14.2 Å². The second kappa shape index (κ2) is 14.2. The topological polar surface area (TPSA) is 127 Å². The van der Waals surface area contributed by atoms with E-state index in [1.807, 2.05) is 0 Å². The van der Waals surface area contributed by atoms with Crippen molar-refractivity contribution in [3.8, 4) is 17.2 Å². The Morgan fingerprint density at radius 2 is 1.88 bits per heavy atom. The largest absolute Gasteiger partial charge is 0.490 e. The average molecular weight is 599 g/mol. The number of hydroxylamine groups is 2. The van der Waals surface area contributed by atoms with Gasteiger partial charge in [-0.05, 0) is 36.8 Å². The van der Waals surface area contributed by atoms with E-state index in [1.165, 1.54) is 24.0 Å². The van der Waals surface area contributed by atoms with E-state index in [9.17, 15) is 19.8 Å². The van der Waals surface area contributed by atoms with Crippen molar-refractivity contribution in [2.24, 2.45) is 0 Å². The number of β-amino-alcohol motifs (C(OH)–C–C–N with tert-alkyl or cyclic N) is 2. The number of benzene rings is 2. The molecule has 4 rings (SSSR count). The average Bonchev–Trinajstić information content (AvgIpc) is 3.55. The summed E-state index contributed by atoms with van der Waals surface area (Å²) in [5.41, 5.74) is 0.174. The zero-order valence-corrected chi connectivity index (χ0v) is 23.5. The van der Waals surface area contributed by atoms with Crippen LogP contribution in [0.25, 0.3) is 0 Å². The molecule has 40 heavy (non-hydrogen) atoms. The third kappa shape index (κ3) is 8.60. The van der Waals surface area contributed by atoms with Crippen molar-refractivity contribution in [2.75, 3.05) is 52.6 Å². The predicted octanol–water partition coefficient (Wildman–Crippen LogP) is 2.58. The van der Waals surface area contributed by atoms with Crippen LogP contribution in [0, 0.1) is 0 Å². The van der Waals surface area contributed by atoms with E-state index < -0.39 is 18.2 Å². The fourth-order valence-corrected chi connectivity index (χ4v) is 4.61. The molecule has 2 aromatic carbocycles. The SMILES string of the molecule is CC(=O)OCCOc1cc(OC[C@@H](O)CN2C[C@@H](Oc3ccc(Cl)cc3)CO2)c(C(=O)N2CC[C@H](O)C2)cc1Cl. The zero-order chi connectivity index (χ0) is 28.6. The highest BCUT2D eigenvalue weighted by Crippen LogP contribution is 2.34. The molecular weight excluding hydrogens is 567 g/mol. The van der Waals surface area contributed by atoms with Gasteiger partial charge in [-0.25, -0.2) is 0 Å². The Bertz CT molecular complexity index is 1170. The van der Waals surface area contributed by atoms with E-state index in [4.69, 9.17) is 47.0 Å². The summed E-state index contributed by atoms with van der Waals surface area (Å²) in [4.78, 5) is 31.4. The maximum atomic E-state index is 13.2. The molecule has 11 nitrogen and oxygen atoms in total. The van der Waals surface area contributed by atoms with Crippen LogP contribution in [-0.4, -0.2) is 103 Å². The summed E-state index contributed by atoms with van der Waals surface area (Å²) >= 11 is 12.3. The lowest BCUT2D eigenvalue weighted by Gasteiger charge is -2.22. The number of esters is 1. The predicted molar refractivity (Wildman–Crippen MR) is 145 cm³/mol. The Balaban J connectivity index is 1.36. The first-order valence-electron chi connectivity index (χ1n) is 12.9. The fourth-order valence-electron chi connectivity index (χ4n) is 4.26. The van der Waals surface area contributed by atoms with E-state index in [0.29, 0.717) is 36.9 Å². The second-order valence-electron chi connectivity index (χ2n) is 9.46. The lowest BCUT2D eigenvalue weighted by Crippen LogP contribution is -2.35. The molecule has 13 heteroatoms. The van der Waals surface area contributed by atoms with Crippen LogP contribution in [0.2, 0.25) is 10.0 Å². The van der Waals surface area contributed by atoms with Crippen molar-refractivity contribution in [3.63, 3.8) is 0 Å². The quantitative estimate of drug-likeness (QED) is 0.278. The van der Waals surface area contributed by atoms with Crippen LogP contribution in [0.4, 0.5) is 0 Å². The summed E-state index contributed by atoms with van der Waals surface area (Å²) in [5, 5.41) is 22.9. The van der Waals surface area contributed by atoms with Crippen LogP contribution >= 0.6 is 23.2 Å². The number of ether oxygens (including phenoxy) is 4. The number of rotatable bonds is 12. The standard InChI is InChI=1S/C27H32Cl2N2O9/c1-17(32)36-8-9-37-26-11-25(23(10-24(26)29)27(35)30-7-6-19(33)12-30)38-15-20(34)13-31-14-22(16-39-31)40-21-4-2-18(28)3-5-21/h2-5,10-11,19-20,22,33-34H,6-9,12-16H2,1H3/t19-,20-,22+/m0/s1. The molecule has 2 saturated heterocycles. The molecule has 1 amide bonds. The molecule has 218 valence electrons. The highest BCUT2D eigenvalue weighted by molar-refractivity contribution is 6.32. The Kier molecular flexibility index (Phi) is 10.7. The molecular formula is C27H32Cl2N2O9. The van der Waals surface area contributed by atoms with Gasteiger partial charge < -0.3 is 34.1 Å². The summed E-state index contributed by atoms with van der Waals surface area (Å²) in [6.07, 6.45) is -1.31. The zero-order valence-electron chi connectivity index (χ0n) is 22.0. The number of amides is 1. The van der Waals surface area contributed by atoms with Gasteiger partial charge in [0, 0.05) is 31.1 Å². The molecule has 0 aliphatic carbocycles. The van der Waals surface area contributed by atoms with E-state index in [-0.39, 0.29) is 67.0 Å². The number of aliphatic hydroxyl groups is 2. The Labute approximate surface area is 242 Å². The first-order valence-corrected chi connectivity index (χ1v) is 13.6. The number of carbonyl (C=O) groups excluding carboxylic acids is 2. The molecule has 2 fully saturated rings. The van der Waals surface area contributed by atoms with Gasteiger partial charge in [0.05, 0.1) is 29.8 Å². The smallest absolute Gasteiger partial charge is 0.302 e. The Hall–Kier alpha value is -2.80. The van der Waals surface area contributed by atoms with Crippen LogP contribution in [0.5, 0.6) is 17.2 Å². The summed E-state index contributed by atoms with van der Waals surface area (Å²) in [5.74, 6) is 0.246. The monoisotopic (exact) mass is 598 g/mol. The van der Waals surface area contributed by atoms with E-state index >= 15 is 0 Å². The van der Waals surface area contributed by atoms with Gasteiger partial charge >= 0.3 is 5.97 Å². The minimum absolute atomic E-state index is 0.0193. The van der Waals surface area contributed by atoms with Gasteiger partial charge in [-0.3, -0.25) is 14.4 Å². The molecule has 2 aliphatic rings. The van der Waals surface area contributed by atoms with Crippen LogP contribution in [0.3, 0.4) is 0 Å². The first kappa shape index (κ1) is 30.2. The normalized spacial score (nSPS) is 19.9. The lowest BCUT2D eigenvalue weighted by molar-refractivity contribution is -0.141. The number of aliphatic hydroxyl groups excluding tert-OH is 2. The molecule has 0 aromatic heterocycles. The van der Waals surface area contributed by atoms with Crippen molar-refractivity contribution < 1.29 is 43.6 Å². The minimum atomic E-state index is -0.963. The fraction of sp³-hybridized carbons (Fsp3) is 0.481. The van der Waals surface area contributed by atoms with Gasteiger partial charge in [0.2, 0.25) is 0 Å². The molecule has 2 N–H and O–H groups in total. The summed E-state index contributed by atoms with van der Waals surface area (Å²) < 4.78 is 22.3. The van der Waals surface area contributed by atoms with E-state index in [0.717, 1.165) is 0 Å². The molecule has 0 saturated carbocycles. The maximum absolute atomic E-state index is 13.2. The number of carbonyl (C=O) groups is 2. The molecule has 2 heterocycles. The summed E-state index contributed by atoms with van der Waals surface area (Å²) in [6, 6.07) is 9.92. The first-order chi connectivity index (χ1) is 19.2. The highest BCUT2D eigenvalue weighted by Gasteiger charge is 2.30. The number of likely N-dealkylation sites (tertiary alicyclic amines) is 1. The van der Waals surface area contributed by atoms with Gasteiger partial charge in [0.1, 0.15) is 55.9 Å². The number of nitrogens with zero attached hydrogens (tertiary/aromatic N) is 2. The van der Waals surface area contributed by atoms with Crippen molar-refractivity contribution >= 4 is 35.1 Å². The van der Waals surface area contributed by atoms with Crippen LogP contribution in [-0.2, 0) is 14.4 Å². The highest BCUT2D eigenvalue weighted by atomic mass is 35.5. The number of hydrogen-bond acceptors (Lipinski definition) is 10. The molecule has 3 atom stereocenters. The number of hydrogen-bond donors (Lipinski definition) is 2. The third-order valence-corrected chi connectivity index (χ3v) is 6.72. The summed E-state index contributed by atoms with van der Waals surface area (Å²) in [6.45, 7) is 2.69. The van der Waals surface area contributed by atoms with E-state index in [2.05, 4.69) is 0 Å². The van der Waals surface area contributed by atoms with Gasteiger partial charge in [-0.1, -0.05) is 23.2 Å². The van der Waals surface area contributed by atoms with Gasteiger partial charge in [-0.15, -0.1) is 0 Å². The molecule has 0 spiro atoms. The molecule has 0 unspecified atom stereocenters. The van der Waals surface area contributed by atoms with Crippen molar-refractivity contribution in [3.05, 3.63) is 52.0 Å². The number of halogens is 2. The maximum Gasteiger partial charge on any atom is 0.302 e. The third-order valence-electron chi connectivity index (χ3n) is 6.17. The van der Waals surface area contributed by atoms with Crippen LogP contribution in [0.15, 0.2) is 36.4 Å². The van der Waals surface area contributed by atoms with Gasteiger partial charge in [-0.2, -0.15) is 5.06 Å². The molecule has 2 aliphatic heterocycles. The molecule has 2 aromatic rings. The summed E-state index contributed by atoms with van der Waals surface area (Å²) in [7, 11) is 0. The Morgan fingerprint density at radius 1 is 1.10 bits per heavy atom. The molecule has 0 radical (unpaired) electrons. The van der Waals surface area contributed by atoms with Crippen LogP contribution in [0.1, 0.15) is 23.7 Å². The van der Waals surface area contributed by atoms with Gasteiger partial charge in [0.15, 0.2) is 0 Å². The van der Waals surface area contributed by atoms with Crippen molar-refractivity contribution in [2.45, 2.75) is 31.7 Å². The van der Waals surface area contributed by atoms with Gasteiger partial charge in [0.25, 0.3) is 5.91 Å². The lowest BCUT2D eigenvalue weighted by atomic mass is 10.1. The Morgan fingerprint density at radius 3 is 2.58 bits per heavy atom. The van der Waals surface area contributed by atoms with Crippen molar-refractivity contribution in [1.82, 2.24) is 9.96 Å². The van der Waals surface area contributed by atoms with E-state index in [1.54, 1.807) is 29.3 Å². The molecule has 0 bridgehead atoms.